The smallest absolute Gasteiger partial charge is 0.0914 e. The van der Waals surface area contributed by atoms with E-state index < -0.39 is 0 Å². The van der Waals surface area contributed by atoms with E-state index in [1.165, 1.54) is 31.2 Å². The molecule has 0 fully saturated rings. The third kappa shape index (κ3) is 6.20. The second-order valence-corrected chi connectivity index (χ2v) is 5.92. The molecule has 0 aromatic heterocycles. The number of alkyl halides is 1. The molecule has 1 aromatic rings. The highest BCUT2D eigenvalue weighted by Crippen LogP contribution is 2.22. The second-order valence-electron chi connectivity index (χ2n) is 4.13. The molecule has 0 saturated carbocycles. The quantitative estimate of drug-likeness (QED) is 0.311. The minimum Gasteiger partial charge on any atom is -0.373 e. The summed E-state index contributed by atoms with van der Waals surface area (Å²) < 4.78 is 8.07. The summed E-state index contributed by atoms with van der Waals surface area (Å²) in [4.78, 5) is 0. The van der Waals surface area contributed by atoms with Gasteiger partial charge in [0, 0.05) is 15.5 Å². The average Bonchev–Trinajstić information content (AvgIpc) is 2.35. The molecule has 0 amide bonds. The minimum absolute atomic E-state index is 0.241. The van der Waals surface area contributed by atoms with Crippen LogP contribution in [0, 0.1) is 0 Å². The van der Waals surface area contributed by atoms with Crippen LogP contribution < -0.4 is 0 Å². The largest absolute Gasteiger partial charge is 0.373 e. The van der Waals surface area contributed by atoms with Crippen molar-refractivity contribution < 1.29 is 4.74 Å². The lowest BCUT2D eigenvalue weighted by atomic mass is 10.1. The van der Waals surface area contributed by atoms with Crippen molar-refractivity contribution in [3.63, 3.8) is 0 Å². The summed E-state index contributed by atoms with van der Waals surface area (Å²) in [5.74, 6) is 0. The van der Waals surface area contributed by atoms with E-state index in [1.807, 2.05) is 0 Å². The second kappa shape index (κ2) is 9.34. The van der Waals surface area contributed by atoms with Gasteiger partial charge in [0.1, 0.15) is 0 Å². The minimum atomic E-state index is 0.241. The van der Waals surface area contributed by atoms with Crippen LogP contribution in [0.4, 0.5) is 0 Å². The number of hydrogen-bond acceptors (Lipinski definition) is 1. The summed E-state index contributed by atoms with van der Waals surface area (Å²) in [5, 5.41) is 0. The van der Waals surface area contributed by atoms with Gasteiger partial charge in [-0.2, -0.15) is 0 Å². The zero-order valence-corrected chi connectivity index (χ0v) is 14.0. The van der Waals surface area contributed by atoms with Crippen molar-refractivity contribution in [1.29, 1.82) is 0 Å². The summed E-state index contributed by atoms with van der Waals surface area (Å²) >= 11 is 5.85. The SMILES string of the molecule is CCCCCCOC(CI)c1ccc(Br)cc1. The van der Waals surface area contributed by atoms with Crippen LogP contribution in [0.5, 0.6) is 0 Å². The Morgan fingerprint density at radius 3 is 2.47 bits per heavy atom. The van der Waals surface area contributed by atoms with E-state index in [-0.39, 0.29) is 6.10 Å². The number of hydrogen-bond donors (Lipinski definition) is 0. The summed E-state index contributed by atoms with van der Waals surface area (Å²) in [7, 11) is 0. The van der Waals surface area contributed by atoms with Gasteiger partial charge in [-0.3, -0.25) is 0 Å². The fourth-order valence-corrected chi connectivity index (χ4v) is 2.69. The van der Waals surface area contributed by atoms with Gasteiger partial charge in [0.2, 0.25) is 0 Å². The van der Waals surface area contributed by atoms with E-state index in [9.17, 15) is 0 Å². The van der Waals surface area contributed by atoms with Crippen LogP contribution in [0.1, 0.15) is 44.3 Å². The lowest BCUT2D eigenvalue weighted by Gasteiger charge is -2.16. The number of benzene rings is 1. The average molecular weight is 411 g/mol. The summed E-state index contributed by atoms with van der Waals surface area (Å²) in [5.41, 5.74) is 1.28. The molecule has 1 aromatic carbocycles. The number of rotatable bonds is 8. The van der Waals surface area contributed by atoms with Gasteiger partial charge in [0.25, 0.3) is 0 Å². The number of halogens is 2. The van der Waals surface area contributed by atoms with E-state index in [0.717, 1.165) is 15.5 Å². The summed E-state index contributed by atoms with van der Waals surface area (Å²) in [6.45, 7) is 3.11. The van der Waals surface area contributed by atoms with Crippen molar-refractivity contribution in [1.82, 2.24) is 0 Å². The molecule has 0 spiro atoms. The highest BCUT2D eigenvalue weighted by atomic mass is 127. The fraction of sp³-hybridized carbons (Fsp3) is 0.571. The first-order valence-electron chi connectivity index (χ1n) is 6.21. The molecule has 3 heteroatoms. The first-order valence-corrected chi connectivity index (χ1v) is 8.52. The zero-order chi connectivity index (χ0) is 12.5. The highest BCUT2D eigenvalue weighted by molar-refractivity contribution is 14.1. The number of unbranched alkanes of at least 4 members (excludes halogenated alkanes) is 3. The normalized spacial score (nSPS) is 12.6. The van der Waals surface area contributed by atoms with Crippen molar-refractivity contribution in [2.45, 2.75) is 38.7 Å². The van der Waals surface area contributed by atoms with Gasteiger partial charge in [-0.25, -0.2) is 0 Å². The molecule has 0 bridgehead atoms. The topological polar surface area (TPSA) is 9.23 Å². The van der Waals surface area contributed by atoms with Crippen LogP contribution in [-0.4, -0.2) is 11.0 Å². The maximum Gasteiger partial charge on any atom is 0.0914 e. The first-order chi connectivity index (χ1) is 8.27. The third-order valence-corrected chi connectivity index (χ3v) is 4.03. The van der Waals surface area contributed by atoms with Crippen LogP contribution >= 0.6 is 38.5 Å². The van der Waals surface area contributed by atoms with Crippen LogP contribution in [0.25, 0.3) is 0 Å². The molecule has 0 radical (unpaired) electrons. The van der Waals surface area contributed by atoms with E-state index in [4.69, 9.17) is 4.74 Å². The third-order valence-electron chi connectivity index (χ3n) is 2.70. The van der Waals surface area contributed by atoms with E-state index >= 15 is 0 Å². The van der Waals surface area contributed by atoms with Crippen LogP contribution in [0.2, 0.25) is 0 Å². The Kier molecular flexibility index (Phi) is 8.48. The van der Waals surface area contributed by atoms with Crippen molar-refractivity contribution in [2.24, 2.45) is 0 Å². The van der Waals surface area contributed by atoms with Gasteiger partial charge in [-0.15, -0.1) is 0 Å². The number of ether oxygens (including phenoxy) is 1. The molecule has 1 unspecified atom stereocenters. The highest BCUT2D eigenvalue weighted by Gasteiger charge is 2.09. The fourth-order valence-electron chi connectivity index (χ4n) is 1.66. The lowest BCUT2D eigenvalue weighted by molar-refractivity contribution is 0.0679. The van der Waals surface area contributed by atoms with E-state index in [2.05, 4.69) is 69.7 Å². The Balaban J connectivity index is 2.35. The molecule has 0 aliphatic heterocycles. The molecule has 0 aliphatic carbocycles. The Morgan fingerprint density at radius 2 is 1.88 bits per heavy atom. The zero-order valence-electron chi connectivity index (χ0n) is 10.3. The van der Waals surface area contributed by atoms with Crippen molar-refractivity contribution in [3.8, 4) is 0 Å². The van der Waals surface area contributed by atoms with Crippen LogP contribution in [0.15, 0.2) is 28.7 Å². The van der Waals surface area contributed by atoms with Crippen LogP contribution in [-0.2, 0) is 4.74 Å². The molecule has 0 heterocycles. The van der Waals surface area contributed by atoms with Crippen molar-refractivity contribution in [3.05, 3.63) is 34.3 Å². The van der Waals surface area contributed by atoms with Crippen molar-refractivity contribution >= 4 is 38.5 Å². The molecule has 1 atom stereocenters. The molecule has 0 aliphatic rings. The molecule has 96 valence electrons. The van der Waals surface area contributed by atoms with Crippen molar-refractivity contribution in [2.75, 3.05) is 11.0 Å². The molecule has 1 rings (SSSR count). The first kappa shape index (κ1) is 15.4. The van der Waals surface area contributed by atoms with E-state index in [1.54, 1.807) is 0 Å². The summed E-state index contributed by atoms with van der Waals surface area (Å²) in [6, 6.07) is 8.43. The molecule has 0 saturated heterocycles. The molecular weight excluding hydrogens is 391 g/mol. The standard InChI is InChI=1S/C14H20BrIO/c1-2-3-4-5-10-17-14(11-16)12-6-8-13(15)9-7-12/h6-9,14H,2-5,10-11H2,1H3. The van der Waals surface area contributed by atoms with Gasteiger partial charge in [0.05, 0.1) is 6.10 Å². The molecular formula is C14H20BrIO. The molecule has 1 nitrogen and oxygen atoms in total. The Morgan fingerprint density at radius 1 is 1.18 bits per heavy atom. The van der Waals surface area contributed by atoms with Gasteiger partial charge < -0.3 is 4.74 Å². The Labute approximate surface area is 127 Å². The predicted octanol–water partition coefficient (Wildman–Crippen LogP) is 5.52. The maximum absolute atomic E-state index is 5.94. The Hall–Kier alpha value is 0.390. The Bertz CT molecular complexity index is 300. The maximum atomic E-state index is 5.94. The molecule has 17 heavy (non-hydrogen) atoms. The van der Waals surface area contributed by atoms with Gasteiger partial charge in [0.15, 0.2) is 0 Å². The van der Waals surface area contributed by atoms with Crippen LogP contribution in [0.3, 0.4) is 0 Å². The monoisotopic (exact) mass is 410 g/mol. The van der Waals surface area contributed by atoms with Gasteiger partial charge in [-0.1, -0.05) is 76.8 Å². The lowest BCUT2D eigenvalue weighted by Crippen LogP contribution is -2.07. The summed E-state index contributed by atoms with van der Waals surface area (Å²) in [6.07, 6.45) is 5.30. The van der Waals surface area contributed by atoms with Gasteiger partial charge >= 0.3 is 0 Å². The van der Waals surface area contributed by atoms with Gasteiger partial charge in [-0.05, 0) is 24.1 Å². The predicted molar refractivity (Wildman–Crippen MR) is 85.9 cm³/mol. The molecule has 0 N–H and O–H groups in total. The van der Waals surface area contributed by atoms with E-state index in [0.29, 0.717) is 0 Å².